The first-order valence-corrected chi connectivity index (χ1v) is 11.1. The third-order valence-electron chi connectivity index (χ3n) is 8.16. The average molecular weight is 381 g/mol. The molecule has 0 aromatic carbocycles. The van der Waals surface area contributed by atoms with E-state index in [0.29, 0.717) is 36.2 Å². The topological polar surface area (TPSA) is 66.8 Å². The summed E-state index contributed by atoms with van der Waals surface area (Å²) >= 11 is 0. The summed E-state index contributed by atoms with van der Waals surface area (Å²) in [5, 5.41) is 21.2. The minimum Gasteiger partial charge on any atom is -0.465 e. The Morgan fingerprint density at radius 3 is 2.52 bits per heavy atom. The fraction of sp³-hybridized carbons (Fsp3) is 0.957. The van der Waals surface area contributed by atoms with Crippen LogP contribution in [0.3, 0.4) is 0 Å². The van der Waals surface area contributed by atoms with E-state index in [1.165, 1.54) is 19.3 Å². The number of fused-ring (bicyclic) bond motifs is 3. The molecule has 0 amide bonds. The summed E-state index contributed by atoms with van der Waals surface area (Å²) in [5.41, 5.74) is -0.353. The van der Waals surface area contributed by atoms with Crippen molar-refractivity contribution in [2.24, 2.45) is 40.4 Å². The lowest BCUT2D eigenvalue weighted by atomic mass is 9.52. The molecule has 3 aliphatic carbocycles. The van der Waals surface area contributed by atoms with Crippen LogP contribution in [0.15, 0.2) is 0 Å². The van der Waals surface area contributed by atoms with Crippen LogP contribution >= 0.6 is 0 Å². The van der Waals surface area contributed by atoms with Gasteiger partial charge in [0.2, 0.25) is 0 Å². The van der Waals surface area contributed by atoms with Crippen LogP contribution in [0.25, 0.3) is 0 Å². The number of rotatable bonds is 4. The van der Waals surface area contributed by atoms with Crippen molar-refractivity contribution in [3.63, 3.8) is 0 Å². The molecular weight excluding hydrogens is 340 g/mol. The van der Waals surface area contributed by atoms with Crippen molar-refractivity contribution >= 4 is 5.97 Å². The first-order valence-electron chi connectivity index (χ1n) is 11.1. The Morgan fingerprint density at radius 2 is 1.89 bits per heavy atom. The standard InChI is InChI=1S/C23H40O4/c1-14(24)18-8-9-19-16-7-6-15(10-11-27-21(26)22(2,3)4)12-17(16)20(25)13-23(18,19)5/h14-20,24-25H,6-13H2,1-5H3/t14?,15-,16-,17-,18-,19+,20-,23-/m1/s1. The fourth-order valence-electron chi connectivity index (χ4n) is 6.75. The summed E-state index contributed by atoms with van der Waals surface area (Å²) in [6.45, 7) is 10.4. The van der Waals surface area contributed by atoms with Crippen LogP contribution in [-0.2, 0) is 9.53 Å². The third-order valence-corrected chi connectivity index (χ3v) is 8.16. The van der Waals surface area contributed by atoms with Crippen LogP contribution in [0.5, 0.6) is 0 Å². The van der Waals surface area contributed by atoms with Gasteiger partial charge in [0, 0.05) is 0 Å². The minimum absolute atomic E-state index is 0.0871. The number of carbonyl (C=O) groups excluding carboxylic acids is 1. The van der Waals surface area contributed by atoms with Gasteiger partial charge in [0.1, 0.15) is 0 Å². The number of hydrogen-bond acceptors (Lipinski definition) is 4. The van der Waals surface area contributed by atoms with Crippen molar-refractivity contribution in [3.05, 3.63) is 0 Å². The van der Waals surface area contributed by atoms with E-state index in [0.717, 1.165) is 25.7 Å². The number of hydrogen-bond donors (Lipinski definition) is 2. The monoisotopic (exact) mass is 380 g/mol. The zero-order chi connectivity index (χ0) is 20.0. The highest BCUT2D eigenvalue weighted by Crippen LogP contribution is 2.62. The molecule has 27 heavy (non-hydrogen) atoms. The molecule has 3 saturated carbocycles. The highest BCUT2D eigenvalue weighted by molar-refractivity contribution is 5.75. The zero-order valence-corrected chi connectivity index (χ0v) is 17.9. The molecule has 0 radical (unpaired) electrons. The first-order chi connectivity index (χ1) is 12.5. The summed E-state index contributed by atoms with van der Waals surface area (Å²) in [4.78, 5) is 11.9. The molecule has 156 valence electrons. The Morgan fingerprint density at radius 1 is 1.19 bits per heavy atom. The van der Waals surface area contributed by atoms with Gasteiger partial charge in [0.15, 0.2) is 0 Å². The van der Waals surface area contributed by atoms with Gasteiger partial charge in [-0.05, 0) is 101 Å². The van der Waals surface area contributed by atoms with Crippen LogP contribution in [0, 0.1) is 40.4 Å². The van der Waals surface area contributed by atoms with Crippen LogP contribution in [0.2, 0.25) is 0 Å². The van der Waals surface area contributed by atoms with Gasteiger partial charge < -0.3 is 14.9 Å². The van der Waals surface area contributed by atoms with Crippen molar-refractivity contribution in [2.75, 3.05) is 6.61 Å². The molecule has 8 atom stereocenters. The lowest BCUT2D eigenvalue weighted by Gasteiger charge is -2.54. The maximum atomic E-state index is 11.9. The Labute approximate surface area is 165 Å². The summed E-state index contributed by atoms with van der Waals surface area (Å²) in [6, 6.07) is 0. The molecule has 3 aliphatic rings. The van der Waals surface area contributed by atoms with Crippen molar-refractivity contribution in [1.82, 2.24) is 0 Å². The van der Waals surface area contributed by atoms with E-state index in [1.54, 1.807) is 0 Å². The molecule has 3 fully saturated rings. The van der Waals surface area contributed by atoms with Crippen LogP contribution in [0.1, 0.15) is 79.6 Å². The molecule has 0 aromatic heterocycles. The molecular formula is C23H40O4. The molecule has 0 aliphatic heterocycles. The van der Waals surface area contributed by atoms with Crippen molar-refractivity contribution in [3.8, 4) is 0 Å². The molecule has 2 N–H and O–H groups in total. The van der Waals surface area contributed by atoms with E-state index in [1.807, 2.05) is 27.7 Å². The number of carbonyl (C=O) groups is 1. The van der Waals surface area contributed by atoms with Crippen LogP contribution in [0.4, 0.5) is 0 Å². The first kappa shape index (κ1) is 21.1. The normalized spacial score (nSPS) is 42.9. The SMILES string of the molecule is CC(O)[C@H]1CC[C@H]2[C@@H]3CC[C@H](CCOC(=O)C(C)(C)C)C[C@H]3[C@H](O)C[C@]12C. The maximum absolute atomic E-state index is 11.9. The van der Waals surface area contributed by atoms with Crippen molar-refractivity contribution in [1.29, 1.82) is 0 Å². The number of aliphatic hydroxyl groups excluding tert-OH is 2. The Balaban J connectivity index is 1.58. The van der Waals surface area contributed by atoms with Gasteiger partial charge in [-0.3, -0.25) is 4.79 Å². The molecule has 0 heterocycles. The molecule has 4 nitrogen and oxygen atoms in total. The Hall–Kier alpha value is -0.610. The zero-order valence-electron chi connectivity index (χ0n) is 17.9. The maximum Gasteiger partial charge on any atom is 0.311 e. The van der Waals surface area contributed by atoms with Gasteiger partial charge in [-0.25, -0.2) is 0 Å². The van der Waals surface area contributed by atoms with Gasteiger partial charge in [-0.15, -0.1) is 0 Å². The van der Waals surface area contributed by atoms with Gasteiger partial charge in [-0.1, -0.05) is 13.3 Å². The fourth-order valence-corrected chi connectivity index (χ4v) is 6.75. The van der Waals surface area contributed by atoms with E-state index in [4.69, 9.17) is 4.74 Å². The van der Waals surface area contributed by atoms with E-state index < -0.39 is 5.41 Å². The number of ether oxygens (including phenoxy) is 1. The van der Waals surface area contributed by atoms with Gasteiger partial charge >= 0.3 is 5.97 Å². The molecule has 4 heteroatoms. The lowest BCUT2D eigenvalue weighted by molar-refractivity contribution is -0.153. The Bertz CT molecular complexity index is 537. The second-order valence-electron chi connectivity index (χ2n) is 11.0. The van der Waals surface area contributed by atoms with Crippen molar-refractivity contribution in [2.45, 2.75) is 91.8 Å². The molecule has 1 unspecified atom stereocenters. The Kier molecular flexibility index (Phi) is 5.99. The van der Waals surface area contributed by atoms with Crippen LogP contribution in [-0.4, -0.2) is 35.0 Å². The quantitative estimate of drug-likeness (QED) is 0.718. The molecule has 0 bridgehead atoms. The molecule has 0 spiro atoms. The van der Waals surface area contributed by atoms with E-state index >= 15 is 0 Å². The average Bonchev–Trinajstić information content (AvgIpc) is 2.91. The number of aliphatic hydroxyl groups is 2. The predicted molar refractivity (Wildman–Crippen MR) is 106 cm³/mol. The van der Waals surface area contributed by atoms with E-state index in [2.05, 4.69) is 6.92 Å². The largest absolute Gasteiger partial charge is 0.465 e. The summed E-state index contributed by atoms with van der Waals surface area (Å²) in [7, 11) is 0. The molecule has 3 rings (SSSR count). The molecule has 0 aromatic rings. The molecule has 0 saturated heterocycles. The smallest absolute Gasteiger partial charge is 0.311 e. The van der Waals surface area contributed by atoms with E-state index in [-0.39, 0.29) is 23.6 Å². The van der Waals surface area contributed by atoms with Gasteiger partial charge in [-0.2, -0.15) is 0 Å². The van der Waals surface area contributed by atoms with Crippen molar-refractivity contribution < 1.29 is 19.7 Å². The van der Waals surface area contributed by atoms with Crippen LogP contribution < -0.4 is 0 Å². The second-order valence-corrected chi connectivity index (χ2v) is 11.0. The third kappa shape index (κ3) is 4.07. The van der Waals surface area contributed by atoms with E-state index in [9.17, 15) is 15.0 Å². The summed E-state index contributed by atoms with van der Waals surface area (Å²) in [6.07, 6.45) is 6.92. The lowest BCUT2D eigenvalue weighted by Crippen LogP contribution is -2.51. The number of esters is 1. The minimum atomic E-state index is -0.440. The van der Waals surface area contributed by atoms with Gasteiger partial charge in [0.05, 0.1) is 24.2 Å². The second kappa shape index (κ2) is 7.67. The predicted octanol–water partition coefficient (Wildman–Crippen LogP) is 4.18. The summed E-state index contributed by atoms with van der Waals surface area (Å²) < 4.78 is 5.47. The highest BCUT2D eigenvalue weighted by Gasteiger charge is 2.58. The van der Waals surface area contributed by atoms with Gasteiger partial charge in [0.25, 0.3) is 0 Å². The summed E-state index contributed by atoms with van der Waals surface area (Å²) in [5.74, 6) is 2.37. The highest BCUT2D eigenvalue weighted by atomic mass is 16.5.